The first-order valence-corrected chi connectivity index (χ1v) is 18.1. The lowest BCUT2D eigenvalue weighted by Gasteiger charge is -2.43. The number of benzene rings is 2. The monoisotopic (exact) mass is 669 g/mol. The van der Waals surface area contributed by atoms with Crippen LogP contribution >= 0.6 is 0 Å². The van der Waals surface area contributed by atoms with Crippen LogP contribution in [0, 0.1) is 6.92 Å². The molecule has 1 aromatic heterocycles. The zero-order valence-electron chi connectivity index (χ0n) is 29.2. The lowest BCUT2D eigenvalue weighted by atomic mass is 9.90. The SMILES string of the molecule is Cc1cc(C(C)C(NC(=O)N2CCC(N3CCc4ccccc4NC3=O)CC2)C(=O)N2CCN(C3CCN(C)CC3)CC2)cc2cn[nH]c12. The third-order valence-corrected chi connectivity index (χ3v) is 11.5. The van der Waals surface area contributed by atoms with Crippen molar-refractivity contribution in [2.45, 2.75) is 70.0 Å². The number of amides is 5. The number of piperidine rings is 2. The van der Waals surface area contributed by atoms with E-state index >= 15 is 0 Å². The summed E-state index contributed by atoms with van der Waals surface area (Å²) in [7, 11) is 2.18. The van der Waals surface area contributed by atoms with Crippen molar-refractivity contribution in [1.82, 2.24) is 40.0 Å². The molecule has 0 saturated carbocycles. The fourth-order valence-electron chi connectivity index (χ4n) is 8.33. The Balaban J connectivity index is 1.02. The molecule has 0 bridgehead atoms. The number of carbonyl (C=O) groups excluding carboxylic acids is 3. The van der Waals surface area contributed by atoms with E-state index in [9.17, 15) is 14.4 Å². The maximum Gasteiger partial charge on any atom is 0.322 e. The molecule has 0 radical (unpaired) electrons. The molecule has 7 rings (SSSR count). The number of H-pyrrole nitrogens is 1. The van der Waals surface area contributed by atoms with Crippen LogP contribution in [0.5, 0.6) is 0 Å². The van der Waals surface area contributed by atoms with Gasteiger partial charge in [0.25, 0.3) is 0 Å². The molecular formula is C37H51N9O3. The minimum absolute atomic E-state index is 0.0236. The van der Waals surface area contributed by atoms with Crippen LogP contribution in [0.1, 0.15) is 55.2 Å². The fourth-order valence-corrected chi connectivity index (χ4v) is 8.33. The highest BCUT2D eigenvalue weighted by Gasteiger charge is 2.37. The number of carbonyl (C=O) groups is 3. The maximum atomic E-state index is 14.4. The van der Waals surface area contributed by atoms with E-state index in [-0.39, 0.29) is 29.9 Å². The van der Waals surface area contributed by atoms with E-state index < -0.39 is 6.04 Å². The number of fused-ring (bicyclic) bond motifs is 2. The molecule has 4 aliphatic heterocycles. The van der Waals surface area contributed by atoms with Gasteiger partial charge in [0.1, 0.15) is 6.04 Å². The summed E-state index contributed by atoms with van der Waals surface area (Å²) in [6, 6.07) is 11.8. The van der Waals surface area contributed by atoms with Gasteiger partial charge in [0, 0.05) is 74.9 Å². The zero-order valence-corrected chi connectivity index (χ0v) is 29.2. The predicted octanol–water partition coefficient (Wildman–Crippen LogP) is 3.85. The minimum Gasteiger partial charge on any atom is -0.338 e. The van der Waals surface area contributed by atoms with Crippen LogP contribution in [0.2, 0.25) is 0 Å². The van der Waals surface area contributed by atoms with Gasteiger partial charge < -0.3 is 30.2 Å². The van der Waals surface area contributed by atoms with Crippen molar-refractivity contribution < 1.29 is 14.4 Å². The highest BCUT2D eigenvalue weighted by molar-refractivity contribution is 5.91. The molecule has 3 fully saturated rings. The molecule has 2 atom stereocenters. The molecule has 5 amide bonds. The van der Waals surface area contributed by atoms with Gasteiger partial charge in [-0.15, -0.1) is 0 Å². The van der Waals surface area contributed by atoms with E-state index in [0.717, 1.165) is 65.9 Å². The molecule has 0 aliphatic carbocycles. The van der Waals surface area contributed by atoms with Gasteiger partial charge in [0.2, 0.25) is 5.91 Å². The molecule has 3 saturated heterocycles. The topological polar surface area (TPSA) is 120 Å². The summed E-state index contributed by atoms with van der Waals surface area (Å²) in [6.07, 6.45) is 6.34. The third kappa shape index (κ3) is 7.12. The largest absolute Gasteiger partial charge is 0.338 e. The smallest absolute Gasteiger partial charge is 0.322 e. The highest BCUT2D eigenvalue weighted by atomic mass is 16.2. The Morgan fingerprint density at radius 3 is 2.37 bits per heavy atom. The third-order valence-electron chi connectivity index (χ3n) is 11.5. The summed E-state index contributed by atoms with van der Waals surface area (Å²) >= 11 is 0. The first-order valence-electron chi connectivity index (χ1n) is 18.1. The van der Waals surface area contributed by atoms with Gasteiger partial charge in [0.15, 0.2) is 0 Å². The molecule has 3 N–H and O–H groups in total. The molecule has 49 heavy (non-hydrogen) atoms. The summed E-state index contributed by atoms with van der Waals surface area (Å²) in [5, 5.41) is 14.6. The first-order chi connectivity index (χ1) is 23.7. The van der Waals surface area contributed by atoms with E-state index in [1.54, 1.807) is 0 Å². The standard InChI is InChI=1S/C37H51N9O3/c1-25-22-28(23-29-24-38-41-33(25)29)26(2)34(35(47)44-20-18-43(19-21-44)30-9-13-42(3)14-10-30)40-36(48)45-15-11-31(12-16-45)46-17-8-27-6-4-5-7-32(27)39-37(46)49/h4-7,22-24,26,30-31,34H,8-21H2,1-3H3,(H,38,41)(H,39,49)(H,40,48). The lowest BCUT2D eigenvalue weighted by molar-refractivity contribution is -0.136. The van der Waals surface area contributed by atoms with E-state index in [2.05, 4.69) is 55.9 Å². The number of hydrogen-bond donors (Lipinski definition) is 3. The van der Waals surface area contributed by atoms with Crippen molar-refractivity contribution in [3.63, 3.8) is 0 Å². The van der Waals surface area contributed by atoms with Crippen LogP contribution in [0.3, 0.4) is 0 Å². The average molecular weight is 670 g/mol. The number of nitrogens with zero attached hydrogens (tertiary/aromatic N) is 6. The van der Waals surface area contributed by atoms with Crippen LogP contribution < -0.4 is 10.6 Å². The Morgan fingerprint density at radius 2 is 1.61 bits per heavy atom. The molecule has 12 nitrogen and oxygen atoms in total. The molecule has 2 unspecified atom stereocenters. The van der Waals surface area contributed by atoms with Crippen molar-refractivity contribution in [1.29, 1.82) is 0 Å². The first kappa shape index (κ1) is 33.3. The summed E-state index contributed by atoms with van der Waals surface area (Å²) in [5.74, 6) is -0.272. The number of para-hydroxylation sites is 1. The number of aromatic nitrogens is 2. The predicted molar refractivity (Wildman–Crippen MR) is 191 cm³/mol. The van der Waals surface area contributed by atoms with Crippen molar-refractivity contribution in [3.8, 4) is 0 Å². The molecule has 0 spiro atoms. The van der Waals surface area contributed by atoms with Crippen LogP contribution in [0.15, 0.2) is 42.6 Å². The van der Waals surface area contributed by atoms with Gasteiger partial charge in [-0.2, -0.15) is 5.10 Å². The van der Waals surface area contributed by atoms with Crippen LogP contribution in [0.4, 0.5) is 15.3 Å². The highest BCUT2D eigenvalue weighted by Crippen LogP contribution is 2.29. The Bertz CT molecular complexity index is 1650. The van der Waals surface area contributed by atoms with Gasteiger partial charge >= 0.3 is 12.1 Å². The second-order valence-electron chi connectivity index (χ2n) is 14.5. The van der Waals surface area contributed by atoms with Crippen LogP contribution in [0.25, 0.3) is 10.9 Å². The fraction of sp³-hybridized carbons (Fsp3) is 0.568. The molecule has 5 heterocycles. The Morgan fingerprint density at radius 1 is 0.898 bits per heavy atom. The molecule has 262 valence electrons. The second kappa shape index (κ2) is 14.4. The number of aromatic amines is 1. The van der Waals surface area contributed by atoms with Gasteiger partial charge in [-0.3, -0.25) is 14.8 Å². The van der Waals surface area contributed by atoms with E-state index in [1.807, 2.05) is 52.9 Å². The van der Waals surface area contributed by atoms with E-state index in [4.69, 9.17) is 0 Å². The van der Waals surface area contributed by atoms with E-state index in [1.165, 1.54) is 12.8 Å². The number of hydrogen-bond acceptors (Lipinski definition) is 6. The summed E-state index contributed by atoms with van der Waals surface area (Å²) in [5.41, 5.74) is 5.07. The molecule has 12 heteroatoms. The summed E-state index contributed by atoms with van der Waals surface area (Å²) in [4.78, 5) is 52.1. The van der Waals surface area contributed by atoms with E-state index in [0.29, 0.717) is 51.6 Å². The Hall–Kier alpha value is -4.16. The van der Waals surface area contributed by atoms with Crippen LogP contribution in [-0.4, -0.2) is 137 Å². The Kier molecular flexibility index (Phi) is 9.77. The average Bonchev–Trinajstić information content (AvgIpc) is 3.54. The second-order valence-corrected chi connectivity index (χ2v) is 14.5. The van der Waals surface area contributed by atoms with Crippen LogP contribution in [-0.2, 0) is 11.2 Å². The maximum absolute atomic E-state index is 14.4. The minimum atomic E-state index is -0.709. The molecule has 2 aromatic carbocycles. The molecule has 4 aliphatic rings. The van der Waals surface area contributed by atoms with Crippen molar-refractivity contribution in [2.24, 2.45) is 0 Å². The quantitative estimate of drug-likeness (QED) is 0.367. The lowest BCUT2D eigenvalue weighted by Crippen LogP contribution is -2.60. The number of aryl methyl sites for hydroxylation is 1. The normalized spacial score (nSPS) is 21.6. The molecular weight excluding hydrogens is 618 g/mol. The van der Waals surface area contributed by atoms with Gasteiger partial charge in [-0.25, -0.2) is 9.59 Å². The number of anilines is 1. The number of urea groups is 2. The number of likely N-dealkylation sites (tertiary alicyclic amines) is 2. The van der Waals surface area contributed by atoms with Crippen molar-refractivity contribution in [2.75, 3.05) is 71.3 Å². The number of rotatable bonds is 6. The number of piperazine rings is 1. The van der Waals surface area contributed by atoms with Crippen molar-refractivity contribution >= 4 is 34.6 Å². The van der Waals surface area contributed by atoms with Gasteiger partial charge in [-0.1, -0.05) is 31.2 Å². The zero-order chi connectivity index (χ0) is 34.1. The van der Waals surface area contributed by atoms with Gasteiger partial charge in [0.05, 0.1) is 11.7 Å². The number of nitrogens with one attached hydrogen (secondary N) is 3. The van der Waals surface area contributed by atoms with Crippen molar-refractivity contribution in [3.05, 3.63) is 59.3 Å². The summed E-state index contributed by atoms with van der Waals surface area (Å²) in [6.45, 7) is 11.1. The Labute approximate surface area is 289 Å². The summed E-state index contributed by atoms with van der Waals surface area (Å²) < 4.78 is 0. The molecule has 3 aromatic rings. The van der Waals surface area contributed by atoms with Gasteiger partial charge in [-0.05, 0) is 88.0 Å².